The van der Waals surface area contributed by atoms with Crippen LogP contribution in [0, 0.1) is 0 Å². The zero-order chi connectivity index (χ0) is 23.8. The molecule has 8 heteroatoms. The Labute approximate surface area is 194 Å². The van der Waals surface area contributed by atoms with Crippen LogP contribution in [0.5, 0.6) is 5.75 Å². The van der Waals surface area contributed by atoms with Crippen molar-refractivity contribution >= 4 is 17.7 Å². The zero-order valence-corrected chi connectivity index (χ0v) is 19.3. The lowest BCUT2D eigenvalue weighted by atomic mass is 10.0. The maximum absolute atomic E-state index is 13.3. The number of likely N-dealkylation sites (N-methyl/N-ethyl adjacent to an activating group) is 1. The van der Waals surface area contributed by atoms with Crippen molar-refractivity contribution < 1.29 is 23.9 Å². The molecule has 4 bridgehead atoms. The Hall–Kier alpha value is -3.39. The van der Waals surface area contributed by atoms with Gasteiger partial charge in [0.15, 0.2) is 0 Å². The Balaban J connectivity index is 1.94. The Morgan fingerprint density at radius 2 is 1.85 bits per heavy atom. The van der Waals surface area contributed by atoms with Gasteiger partial charge in [0.1, 0.15) is 18.4 Å². The molecule has 0 aromatic heterocycles. The van der Waals surface area contributed by atoms with E-state index in [9.17, 15) is 14.4 Å². The van der Waals surface area contributed by atoms with E-state index in [1.165, 1.54) is 4.90 Å². The second-order valence-corrected chi connectivity index (χ2v) is 8.14. The van der Waals surface area contributed by atoms with Crippen LogP contribution in [0.4, 0.5) is 0 Å². The number of rotatable bonds is 4. The molecule has 0 radical (unpaired) electrons. The van der Waals surface area contributed by atoms with E-state index >= 15 is 0 Å². The molecule has 0 spiro atoms. The van der Waals surface area contributed by atoms with Crippen LogP contribution in [0.1, 0.15) is 30.1 Å². The van der Waals surface area contributed by atoms with Crippen molar-refractivity contribution in [2.75, 3.05) is 33.9 Å². The van der Waals surface area contributed by atoms with Gasteiger partial charge in [-0.2, -0.15) is 0 Å². The van der Waals surface area contributed by atoms with Crippen molar-refractivity contribution in [3.8, 4) is 16.9 Å². The molecule has 2 aromatic carbocycles. The monoisotopic (exact) mass is 453 g/mol. The minimum atomic E-state index is -0.799. The maximum atomic E-state index is 13.3. The summed E-state index contributed by atoms with van der Waals surface area (Å²) in [6, 6.07) is 13.8. The van der Waals surface area contributed by atoms with Crippen LogP contribution in [-0.2, 0) is 14.3 Å². The third-order valence-corrected chi connectivity index (χ3v) is 5.53. The molecule has 1 aliphatic rings. The fourth-order valence-corrected chi connectivity index (χ4v) is 3.71. The van der Waals surface area contributed by atoms with Gasteiger partial charge in [-0.15, -0.1) is 0 Å². The summed E-state index contributed by atoms with van der Waals surface area (Å²) in [6.45, 7) is 2.85. The number of nitrogens with one attached hydrogen (secondary N) is 2. The molecule has 2 N–H and O–H groups in total. The fraction of sp³-hybridized carbons (Fsp3) is 0.400. The number of hydrogen-bond acceptors (Lipinski definition) is 5. The number of ether oxygens (including phenoxy) is 2. The standard InChI is InChI=1S/C25H31N3O5/c1-17-16-33-21-9-5-7-19(15-21)18-6-4-8-20(14-18)25(31)28(2)22(10-11-23(29)27-17)24(30)26-12-13-32-3/h4-9,14-15,17,22H,10-13,16H2,1-3H3,(H,26,30)(H,27,29)/t17-,22-/m0/s1. The van der Waals surface area contributed by atoms with E-state index in [1.807, 2.05) is 43.3 Å². The van der Waals surface area contributed by atoms with Crippen molar-refractivity contribution in [2.24, 2.45) is 0 Å². The summed E-state index contributed by atoms with van der Waals surface area (Å²) < 4.78 is 10.9. The molecule has 0 aliphatic carbocycles. The molecule has 2 atom stereocenters. The first-order valence-corrected chi connectivity index (χ1v) is 11.1. The van der Waals surface area contributed by atoms with Gasteiger partial charge in [-0.3, -0.25) is 14.4 Å². The van der Waals surface area contributed by atoms with Gasteiger partial charge >= 0.3 is 0 Å². The SMILES string of the molecule is COCCNC(=O)[C@@H]1CCC(=O)N[C@@H](C)COc2cccc(c2)-c2cccc(c2)C(=O)N1C. The van der Waals surface area contributed by atoms with E-state index < -0.39 is 6.04 Å². The molecule has 3 amide bonds. The third-order valence-electron chi connectivity index (χ3n) is 5.53. The fourth-order valence-electron chi connectivity index (χ4n) is 3.71. The molecular formula is C25H31N3O5. The first-order chi connectivity index (χ1) is 15.9. The predicted octanol–water partition coefficient (Wildman–Crippen LogP) is 2.23. The van der Waals surface area contributed by atoms with Crippen molar-refractivity contribution in [3.05, 3.63) is 54.1 Å². The number of nitrogens with zero attached hydrogens (tertiary/aromatic N) is 1. The molecule has 1 aliphatic heterocycles. The predicted molar refractivity (Wildman–Crippen MR) is 125 cm³/mol. The Morgan fingerprint density at radius 1 is 1.15 bits per heavy atom. The van der Waals surface area contributed by atoms with E-state index in [0.29, 0.717) is 31.1 Å². The highest BCUT2D eigenvalue weighted by molar-refractivity contribution is 5.98. The number of amides is 3. The number of fused-ring (bicyclic) bond motifs is 5. The summed E-state index contributed by atoms with van der Waals surface area (Å²) in [4.78, 5) is 40.1. The van der Waals surface area contributed by atoms with E-state index in [4.69, 9.17) is 9.47 Å². The number of hydrogen-bond donors (Lipinski definition) is 2. The van der Waals surface area contributed by atoms with Crippen LogP contribution in [0.15, 0.2) is 48.5 Å². The van der Waals surface area contributed by atoms with Gasteiger partial charge in [0.05, 0.1) is 12.6 Å². The van der Waals surface area contributed by atoms with Crippen LogP contribution in [0.3, 0.4) is 0 Å². The Morgan fingerprint density at radius 3 is 2.61 bits per heavy atom. The molecule has 0 saturated carbocycles. The first kappa shape index (κ1) is 24.3. The average molecular weight is 454 g/mol. The summed E-state index contributed by atoms with van der Waals surface area (Å²) in [6.07, 6.45) is 0.291. The molecule has 0 unspecified atom stereocenters. The highest BCUT2D eigenvalue weighted by Crippen LogP contribution is 2.25. The van der Waals surface area contributed by atoms with Crippen LogP contribution < -0.4 is 15.4 Å². The molecule has 2 aromatic rings. The number of methoxy groups -OCH3 is 1. The maximum Gasteiger partial charge on any atom is 0.254 e. The topological polar surface area (TPSA) is 97.0 Å². The molecule has 0 saturated heterocycles. The van der Waals surface area contributed by atoms with E-state index in [2.05, 4.69) is 10.6 Å². The van der Waals surface area contributed by atoms with Crippen molar-refractivity contribution in [1.82, 2.24) is 15.5 Å². The first-order valence-electron chi connectivity index (χ1n) is 11.1. The van der Waals surface area contributed by atoms with Gasteiger partial charge in [-0.1, -0.05) is 24.3 Å². The van der Waals surface area contributed by atoms with Gasteiger partial charge in [-0.25, -0.2) is 0 Å². The van der Waals surface area contributed by atoms with Crippen LogP contribution in [0.2, 0.25) is 0 Å². The van der Waals surface area contributed by atoms with Crippen molar-refractivity contribution in [3.63, 3.8) is 0 Å². The van der Waals surface area contributed by atoms with Crippen LogP contribution >= 0.6 is 0 Å². The molecule has 3 rings (SSSR count). The van der Waals surface area contributed by atoms with Gasteiger partial charge in [0.25, 0.3) is 5.91 Å². The largest absolute Gasteiger partial charge is 0.491 e. The second kappa shape index (κ2) is 11.5. The van der Waals surface area contributed by atoms with Gasteiger partial charge < -0.3 is 25.0 Å². The number of benzene rings is 2. The quantitative estimate of drug-likeness (QED) is 0.692. The average Bonchev–Trinajstić information content (AvgIpc) is 2.82. The molecule has 33 heavy (non-hydrogen) atoms. The van der Waals surface area contributed by atoms with Crippen LogP contribution in [0.25, 0.3) is 11.1 Å². The van der Waals surface area contributed by atoms with Gasteiger partial charge in [0.2, 0.25) is 11.8 Å². The lowest BCUT2D eigenvalue weighted by Crippen LogP contribution is -2.49. The molecular weight excluding hydrogens is 422 g/mol. The number of carbonyl (C=O) groups is 3. The summed E-state index contributed by atoms with van der Waals surface area (Å²) in [7, 11) is 3.14. The third kappa shape index (κ3) is 6.55. The van der Waals surface area contributed by atoms with Crippen molar-refractivity contribution in [1.29, 1.82) is 0 Å². The molecule has 0 fully saturated rings. The molecule has 8 nitrogen and oxygen atoms in total. The second-order valence-electron chi connectivity index (χ2n) is 8.14. The lowest BCUT2D eigenvalue weighted by Gasteiger charge is -2.28. The van der Waals surface area contributed by atoms with E-state index in [1.54, 1.807) is 26.3 Å². The van der Waals surface area contributed by atoms with Gasteiger partial charge in [0, 0.05) is 32.7 Å². The highest BCUT2D eigenvalue weighted by atomic mass is 16.5. The van der Waals surface area contributed by atoms with Crippen molar-refractivity contribution in [2.45, 2.75) is 31.8 Å². The minimum Gasteiger partial charge on any atom is -0.491 e. The molecule has 1 heterocycles. The summed E-state index contributed by atoms with van der Waals surface area (Å²) >= 11 is 0. The Bertz CT molecular complexity index is 994. The highest BCUT2D eigenvalue weighted by Gasteiger charge is 2.28. The summed E-state index contributed by atoms with van der Waals surface area (Å²) in [5.41, 5.74) is 2.23. The normalized spacial score (nSPS) is 19.4. The van der Waals surface area contributed by atoms with Crippen LogP contribution in [-0.4, -0.2) is 68.6 Å². The Kier molecular flexibility index (Phi) is 8.43. The van der Waals surface area contributed by atoms with E-state index in [-0.39, 0.29) is 36.6 Å². The smallest absolute Gasteiger partial charge is 0.254 e. The summed E-state index contributed by atoms with van der Waals surface area (Å²) in [5.74, 6) is -0.138. The minimum absolute atomic E-state index is 0.0971. The van der Waals surface area contributed by atoms with Gasteiger partial charge in [-0.05, 0) is 48.7 Å². The number of carbonyl (C=O) groups excluding carboxylic acids is 3. The lowest BCUT2D eigenvalue weighted by molar-refractivity contribution is -0.126. The molecule has 176 valence electrons. The summed E-state index contributed by atoms with van der Waals surface area (Å²) in [5, 5.41) is 5.68. The zero-order valence-electron chi connectivity index (χ0n) is 19.3. The van der Waals surface area contributed by atoms with E-state index in [0.717, 1.165) is 11.1 Å².